The van der Waals surface area contributed by atoms with Crippen LogP contribution in [0.1, 0.15) is 12.0 Å². The van der Waals surface area contributed by atoms with E-state index in [0.29, 0.717) is 6.54 Å². The van der Waals surface area contributed by atoms with Crippen LogP contribution in [0, 0.1) is 12.8 Å². The van der Waals surface area contributed by atoms with Gasteiger partial charge in [-0.2, -0.15) is 0 Å². The molecule has 114 valence electrons. The molecular formula is C15H20BrN3O2. The molecule has 0 saturated carbocycles. The molecule has 1 unspecified atom stereocenters. The van der Waals surface area contributed by atoms with Gasteiger partial charge in [0.2, 0.25) is 11.8 Å². The van der Waals surface area contributed by atoms with Crippen LogP contribution in [0.3, 0.4) is 0 Å². The van der Waals surface area contributed by atoms with Crippen molar-refractivity contribution in [3.8, 4) is 0 Å². The normalized spacial score (nSPS) is 17.6. The smallest absolute Gasteiger partial charge is 0.243 e. The quantitative estimate of drug-likeness (QED) is 0.866. The molecule has 1 aliphatic rings. The summed E-state index contributed by atoms with van der Waals surface area (Å²) in [5.41, 5.74) is 1.75. The highest BCUT2D eigenvalue weighted by Crippen LogP contribution is 2.20. The number of anilines is 1. The lowest BCUT2D eigenvalue weighted by atomic mass is 10.1. The zero-order valence-corrected chi connectivity index (χ0v) is 13.9. The van der Waals surface area contributed by atoms with Gasteiger partial charge < -0.3 is 15.5 Å². The molecule has 2 amide bonds. The van der Waals surface area contributed by atoms with Crippen LogP contribution in [0.5, 0.6) is 0 Å². The van der Waals surface area contributed by atoms with Crippen LogP contribution in [0.4, 0.5) is 5.69 Å². The number of nitrogens with one attached hydrogen (secondary N) is 2. The van der Waals surface area contributed by atoms with Crippen LogP contribution in [-0.4, -0.2) is 43.4 Å². The minimum atomic E-state index is -0.178. The summed E-state index contributed by atoms with van der Waals surface area (Å²) in [7, 11) is 1.68. The standard InChI is InChI=1S/C15H20BrN3O2/c1-10-7-12(16)3-4-13(10)18-14(20)9-19(2)15(21)11-5-6-17-8-11/h3-4,7,11,17H,5-6,8-9H2,1-2H3,(H,18,20). The van der Waals surface area contributed by atoms with Gasteiger partial charge in [0.05, 0.1) is 12.5 Å². The van der Waals surface area contributed by atoms with E-state index in [-0.39, 0.29) is 24.3 Å². The van der Waals surface area contributed by atoms with Crippen LogP contribution in [0.2, 0.25) is 0 Å². The largest absolute Gasteiger partial charge is 0.336 e. The maximum atomic E-state index is 12.1. The monoisotopic (exact) mass is 353 g/mol. The second-order valence-electron chi connectivity index (χ2n) is 5.39. The first-order chi connectivity index (χ1) is 9.97. The lowest BCUT2D eigenvalue weighted by Gasteiger charge is -2.20. The van der Waals surface area contributed by atoms with Crippen molar-refractivity contribution in [3.05, 3.63) is 28.2 Å². The summed E-state index contributed by atoms with van der Waals surface area (Å²) in [5.74, 6) is -0.151. The number of amides is 2. The molecule has 0 bridgehead atoms. The molecule has 1 saturated heterocycles. The first-order valence-electron chi connectivity index (χ1n) is 6.99. The number of carbonyl (C=O) groups is 2. The van der Waals surface area contributed by atoms with Gasteiger partial charge in [0.1, 0.15) is 0 Å². The van der Waals surface area contributed by atoms with Gasteiger partial charge in [-0.15, -0.1) is 0 Å². The van der Waals surface area contributed by atoms with Gasteiger partial charge >= 0.3 is 0 Å². The Labute approximate surface area is 133 Å². The highest BCUT2D eigenvalue weighted by atomic mass is 79.9. The Morgan fingerprint density at radius 2 is 2.24 bits per heavy atom. The number of carbonyl (C=O) groups excluding carboxylic acids is 2. The van der Waals surface area contributed by atoms with Crippen LogP contribution >= 0.6 is 15.9 Å². The summed E-state index contributed by atoms with van der Waals surface area (Å²) in [4.78, 5) is 25.7. The van der Waals surface area contributed by atoms with Gasteiger partial charge in [-0.25, -0.2) is 0 Å². The topological polar surface area (TPSA) is 61.4 Å². The molecule has 1 aliphatic heterocycles. The van der Waals surface area contributed by atoms with E-state index in [9.17, 15) is 9.59 Å². The zero-order valence-electron chi connectivity index (χ0n) is 12.3. The molecule has 0 radical (unpaired) electrons. The van der Waals surface area contributed by atoms with Crippen LogP contribution in [0.25, 0.3) is 0 Å². The van der Waals surface area contributed by atoms with Gasteiger partial charge in [-0.1, -0.05) is 15.9 Å². The molecule has 0 aliphatic carbocycles. The van der Waals surface area contributed by atoms with Crippen LogP contribution in [-0.2, 0) is 9.59 Å². The number of hydrogen-bond donors (Lipinski definition) is 2. The fraction of sp³-hybridized carbons (Fsp3) is 0.467. The molecular weight excluding hydrogens is 334 g/mol. The van der Waals surface area contributed by atoms with E-state index in [4.69, 9.17) is 0 Å². The summed E-state index contributed by atoms with van der Waals surface area (Å²) < 4.78 is 0.971. The van der Waals surface area contributed by atoms with Crippen molar-refractivity contribution < 1.29 is 9.59 Å². The Bertz CT molecular complexity index is 542. The van der Waals surface area contributed by atoms with Crippen molar-refractivity contribution in [1.29, 1.82) is 0 Å². The van der Waals surface area contributed by atoms with Crippen molar-refractivity contribution in [3.63, 3.8) is 0 Å². The molecule has 21 heavy (non-hydrogen) atoms. The third-order valence-electron chi connectivity index (χ3n) is 3.63. The van der Waals surface area contributed by atoms with Crippen LogP contribution in [0.15, 0.2) is 22.7 Å². The molecule has 1 atom stereocenters. The van der Waals surface area contributed by atoms with Gasteiger partial charge in [0, 0.05) is 23.8 Å². The predicted octanol–water partition coefficient (Wildman–Crippen LogP) is 1.76. The first-order valence-corrected chi connectivity index (χ1v) is 7.78. The highest BCUT2D eigenvalue weighted by molar-refractivity contribution is 9.10. The van der Waals surface area contributed by atoms with E-state index in [1.165, 1.54) is 4.90 Å². The van der Waals surface area contributed by atoms with E-state index >= 15 is 0 Å². The fourth-order valence-electron chi connectivity index (χ4n) is 2.43. The number of hydrogen-bond acceptors (Lipinski definition) is 3. The van der Waals surface area contributed by atoms with E-state index in [1.54, 1.807) is 7.05 Å². The van der Waals surface area contributed by atoms with Gasteiger partial charge in [-0.05, 0) is 43.7 Å². The minimum absolute atomic E-state index is 0.00258. The SMILES string of the molecule is Cc1cc(Br)ccc1NC(=O)CN(C)C(=O)C1CCNC1. The summed E-state index contributed by atoms with van der Waals surface area (Å²) in [6, 6.07) is 5.66. The summed E-state index contributed by atoms with van der Waals surface area (Å²) in [6.07, 6.45) is 0.844. The zero-order chi connectivity index (χ0) is 15.4. The molecule has 1 fully saturated rings. The van der Waals surface area contributed by atoms with E-state index in [2.05, 4.69) is 26.6 Å². The van der Waals surface area contributed by atoms with Crippen molar-refractivity contribution in [2.24, 2.45) is 5.92 Å². The van der Waals surface area contributed by atoms with Crippen molar-refractivity contribution in [2.75, 3.05) is 32.0 Å². The minimum Gasteiger partial charge on any atom is -0.336 e. The molecule has 6 heteroatoms. The van der Waals surface area contributed by atoms with Crippen molar-refractivity contribution in [1.82, 2.24) is 10.2 Å². The summed E-state index contributed by atoms with van der Waals surface area (Å²) in [6.45, 7) is 3.58. The number of benzene rings is 1. The average Bonchev–Trinajstić information content (AvgIpc) is 2.95. The molecule has 0 aromatic heterocycles. The van der Waals surface area contributed by atoms with E-state index in [0.717, 1.165) is 28.7 Å². The maximum Gasteiger partial charge on any atom is 0.243 e. The maximum absolute atomic E-state index is 12.1. The Kier molecular flexibility index (Phi) is 5.36. The Balaban J connectivity index is 1.90. The number of rotatable bonds is 4. The molecule has 2 rings (SSSR count). The lowest BCUT2D eigenvalue weighted by Crippen LogP contribution is -2.39. The van der Waals surface area contributed by atoms with Gasteiger partial charge in [0.25, 0.3) is 0 Å². The number of halogens is 1. The number of likely N-dealkylation sites (N-methyl/N-ethyl adjacent to an activating group) is 1. The Hall–Kier alpha value is -1.40. The van der Waals surface area contributed by atoms with Gasteiger partial charge in [0.15, 0.2) is 0 Å². The fourth-order valence-corrected chi connectivity index (χ4v) is 2.90. The second-order valence-corrected chi connectivity index (χ2v) is 6.31. The molecule has 0 spiro atoms. The average molecular weight is 354 g/mol. The molecule has 2 N–H and O–H groups in total. The Morgan fingerprint density at radius 3 is 2.86 bits per heavy atom. The predicted molar refractivity (Wildman–Crippen MR) is 86.1 cm³/mol. The van der Waals surface area contributed by atoms with E-state index in [1.807, 2.05) is 25.1 Å². The van der Waals surface area contributed by atoms with Gasteiger partial charge in [-0.3, -0.25) is 9.59 Å². The first kappa shape index (κ1) is 16.0. The summed E-state index contributed by atoms with van der Waals surface area (Å²) in [5, 5.41) is 6.01. The molecule has 1 aromatic carbocycles. The van der Waals surface area contributed by atoms with Crippen molar-refractivity contribution >= 4 is 33.4 Å². The third-order valence-corrected chi connectivity index (χ3v) is 4.12. The van der Waals surface area contributed by atoms with Crippen LogP contribution < -0.4 is 10.6 Å². The van der Waals surface area contributed by atoms with Crippen molar-refractivity contribution in [2.45, 2.75) is 13.3 Å². The summed E-state index contributed by atoms with van der Waals surface area (Å²) >= 11 is 3.39. The molecule has 1 aromatic rings. The third kappa shape index (κ3) is 4.28. The highest BCUT2D eigenvalue weighted by Gasteiger charge is 2.26. The lowest BCUT2D eigenvalue weighted by molar-refractivity contribution is -0.136. The molecule has 1 heterocycles. The molecule has 5 nitrogen and oxygen atoms in total. The van der Waals surface area contributed by atoms with E-state index < -0.39 is 0 Å². The second kappa shape index (κ2) is 7.04. The number of aryl methyl sites for hydroxylation is 1. The Morgan fingerprint density at radius 1 is 1.48 bits per heavy atom. The number of nitrogens with zero attached hydrogens (tertiary/aromatic N) is 1.